The highest BCUT2D eigenvalue weighted by Gasteiger charge is 2.38. The molecule has 0 saturated heterocycles. The second kappa shape index (κ2) is 5.73. The van der Waals surface area contributed by atoms with Gasteiger partial charge in [-0.1, -0.05) is 107 Å². The number of rotatable bonds is 1. The fraction of sp³-hybridized carbons (Fsp3) is 0.200. The molecule has 0 unspecified atom stereocenters. The van der Waals surface area contributed by atoms with Crippen molar-refractivity contribution in [2.75, 3.05) is 0 Å². The predicted molar refractivity (Wildman–Crippen MR) is 127 cm³/mol. The summed E-state index contributed by atoms with van der Waals surface area (Å²) in [6.07, 6.45) is 0. The molecule has 2 aliphatic carbocycles. The van der Waals surface area contributed by atoms with Crippen molar-refractivity contribution in [3.8, 4) is 33.4 Å². The monoisotopic (exact) mass is 386 g/mol. The highest BCUT2D eigenvalue weighted by Crippen LogP contribution is 2.53. The van der Waals surface area contributed by atoms with E-state index in [-0.39, 0.29) is 10.8 Å². The molecule has 6 rings (SSSR count). The van der Waals surface area contributed by atoms with Crippen LogP contribution in [0.5, 0.6) is 0 Å². The van der Waals surface area contributed by atoms with Gasteiger partial charge >= 0.3 is 0 Å². The first-order chi connectivity index (χ1) is 14.4. The van der Waals surface area contributed by atoms with Crippen molar-refractivity contribution < 1.29 is 0 Å². The van der Waals surface area contributed by atoms with E-state index in [2.05, 4.69) is 113 Å². The van der Waals surface area contributed by atoms with E-state index in [9.17, 15) is 0 Å². The quantitative estimate of drug-likeness (QED) is 0.311. The van der Waals surface area contributed by atoms with E-state index >= 15 is 0 Å². The molecule has 2 aliphatic rings. The molecule has 0 saturated carbocycles. The Balaban J connectivity index is 1.60. The topological polar surface area (TPSA) is 0 Å². The molecule has 0 heteroatoms. The number of hydrogen-bond acceptors (Lipinski definition) is 0. The molecule has 0 aromatic heterocycles. The van der Waals surface area contributed by atoms with Gasteiger partial charge in [0.1, 0.15) is 0 Å². The van der Waals surface area contributed by atoms with E-state index in [4.69, 9.17) is 0 Å². The summed E-state index contributed by atoms with van der Waals surface area (Å²) in [5.74, 6) is 0. The Morgan fingerprint density at radius 1 is 0.433 bits per heavy atom. The zero-order valence-corrected chi connectivity index (χ0v) is 18.1. The van der Waals surface area contributed by atoms with Crippen molar-refractivity contribution in [2.24, 2.45) is 0 Å². The highest BCUT2D eigenvalue weighted by molar-refractivity contribution is 5.94. The minimum Gasteiger partial charge on any atom is -0.0619 e. The van der Waals surface area contributed by atoms with Crippen molar-refractivity contribution in [1.82, 2.24) is 0 Å². The van der Waals surface area contributed by atoms with Gasteiger partial charge in [-0.05, 0) is 61.7 Å². The molecular formula is C30H26. The number of benzene rings is 4. The molecule has 0 amide bonds. The van der Waals surface area contributed by atoms with Gasteiger partial charge < -0.3 is 0 Å². The first kappa shape index (κ1) is 17.7. The van der Waals surface area contributed by atoms with Crippen LogP contribution in [0.4, 0.5) is 0 Å². The lowest BCUT2D eigenvalue weighted by molar-refractivity contribution is 0.660. The second-order valence-corrected chi connectivity index (χ2v) is 9.83. The molecule has 0 bridgehead atoms. The summed E-state index contributed by atoms with van der Waals surface area (Å²) in [7, 11) is 0. The molecule has 4 aromatic carbocycles. The van der Waals surface area contributed by atoms with Crippen LogP contribution in [0.3, 0.4) is 0 Å². The van der Waals surface area contributed by atoms with Crippen LogP contribution < -0.4 is 0 Å². The SMILES string of the molecule is CC1(C)c2ccccc2-c2ccc(-c3cccc4c3-c3ccccc3C4(C)C)cc21. The van der Waals surface area contributed by atoms with E-state index in [1.807, 2.05) is 0 Å². The van der Waals surface area contributed by atoms with E-state index < -0.39 is 0 Å². The van der Waals surface area contributed by atoms with Crippen molar-refractivity contribution in [3.63, 3.8) is 0 Å². The van der Waals surface area contributed by atoms with Crippen LogP contribution in [-0.4, -0.2) is 0 Å². The Hall–Kier alpha value is -3.12. The van der Waals surface area contributed by atoms with Crippen LogP contribution in [0.1, 0.15) is 49.9 Å². The summed E-state index contributed by atoms with van der Waals surface area (Å²) >= 11 is 0. The summed E-state index contributed by atoms with van der Waals surface area (Å²) in [6, 6.07) is 31.7. The average molecular weight is 387 g/mol. The fourth-order valence-corrected chi connectivity index (χ4v) is 5.87. The molecule has 4 aromatic rings. The molecule has 0 fully saturated rings. The van der Waals surface area contributed by atoms with E-state index in [0.29, 0.717) is 0 Å². The Morgan fingerprint density at radius 2 is 0.967 bits per heavy atom. The Kier molecular flexibility index (Phi) is 3.38. The molecule has 0 radical (unpaired) electrons. The van der Waals surface area contributed by atoms with Gasteiger partial charge in [0, 0.05) is 10.8 Å². The van der Waals surface area contributed by atoms with Crippen molar-refractivity contribution in [1.29, 1.82) is 0 Å². The van der Waals surface area contributed by atoms with E-state index in [1.165, 1.54) is 55.6 Å². The van der Waals surface area contributed by atoms with Crippen LogP contribution >= 0.6 is 0 Å². The smallest absolute Gasteiger partial charge is 0.0159 e. The maximum Gasteiger partial charge on any atom is 0.0159 e. The predicted octanol–water partition coefficient (Wildman–Crippen LogP) is 7.97. The summed E-state index contributed by atoms with van der Waals surface area (Å²) in [4.78, 5) is 0. The van der Waals surface area contributed by atoms with Crippen LogP contribution in [0.15, 0.2) is 84.9 Å². The van der Waals surface area contributed by atoms with Crippen molar-refractivity contribution >= 4 is 0 Å². The van der Waals surface area contributed by atoms with Gasteiger partial charge in [-0.15, -0.1) is 0 Å². The van der Waals surface area contributed by atoms with E-state index in [1.54, 1.807) is 0 Å². The maximum atomic E-state index is 2.44. The van der Waals surface area contributed by atoms with Gasteiger partial charge in [-0.3, -0.25) is 0 Å². The van der Waals surface area contributed by atoms with Gasteiger partial charge in [-0.25, -0.2) is 0 Å². The van der Waals surface area contributed by atoms with Crippen LogP contribution in [-0.2, 0) is 10.8 Å². The summed E-state index contributed by atoms with van der Waals surface area (Å²) in [6.45, 7) is 9.42. The van der Waals surface area contributed by atoms with Crippen LogP contribution in [0, 0.1) is 0 Å². The average Bonchev–Trinajstić information content (AvgIpc) is 3.14. The molecule has 0 N–H and O–H groups in total. The Morgan fingerprint density at radius 3 is 1.73 bits per heavy atom. The largest absolute Gasteiger partial charge is 0.0619 e. The molecule has 0 heterocycles. The first-order valence-corrected chi connectivity index (χ1v) is 10.9. The Labute approximate surface area is 179 Å². The minimum atomic E-state index is 0.0249. The zero-order chi connectivity index (χ0) is 20.7. The molecule has 146 valence electrons. The van der Waals surface area contributed by atoms with Gasteiger partial charge in [0.15, 0.2) is 0 Å². The van der Waals surface area contributed by atoms with Crippen molar-refractivity contribution in [2.45, 2.75) is 38.5 Å². The van der Waals surface area contributed by atoms with Crippen molar-refractivity contribution in [3.05, 3.63) is 107 Å². The summed E-state index contributed by atoms with van der Waals surface area (Å²) in [5.41, 5.74) is 14.0. The summed E-state index contributed by atoms with van der Waals surface area (Å²) < 4.78 is 0. The van der Waals surface area contributed by atoms with Gasteiger partial charge in [0.05, 0.1) is 0 Å². The number of hydrogen-bond donors (Lipinski definition) is 0. The zero-order valence-electron chi connectivity index (χ0n) is 18.1. The number of fused-ring (bicyclic) bond motifs is 6. The minimum absolute atomic E-state index is 0.0249. The third-order valence-corrected chi connectivity index (χ3v) is 7.50. The molecule has 0 aliphatic heterocycles. The van der Waals surface area contributed by atoms with Crippen LogP contribution in [0.25, 0.3) is 33.4 Å². The molecule has 0 spiro atoms. The lowest BCUT2D eigenvalue weighted by Crippen LogP contribution is -2.15. The standard InChI is InChI=1S/C30H26/c1-29(2)25-14-8-6-11-23(25)28-20(12-9-15-26(28)29)19-16-17-22-21-10-5-7-13-24(21)30(3,4)27(22)18-19/h5-18H,1-4H3. The molecule has 0 atom stereocenters. The highest BCUT2D eigenvalue weighted by atomic mass is 14.4. The van der Waals surface area contributed by atoms with Gasteiger partial charge in [0.2, 0.25) is 0 Å². The second-order valence-electron chi connectivity index (χ2n) is 9.83. The molecule has 30 heavy (non-hydrogen) atoms. The molecule has 0 nitrogen and oxygen atoms in total. The van der Waals surface area contributed by atoms with Crippen LogP contribution in [0.2, 0.25) is 0 Å². The summed E-state index contributed by atoms with van der Waals surface area (Å²) in [5, 5.41) is 0. The lowest BCUT2D eigenvalue weighted by Gasteiger charge is -2.23. The first-order valence-electron chi connectivity index (χ1n) is 10.9. The fourth-order valence-electron chi connectivity index (χ4n) is 5.87. The third-order valence-electron chi connectivity index (χ3n) is 7.50. The van der Waals surface area contributed by atoms with Gasteiger partial charge in [0.25, 0.3) is 0 Å². The lowest BCUT2D eigenvalue weighted by atomic mass is 9.80. The van der Waals surface area contributed by atoms with E-state index in [0.717, 1.165) is 0 Å². The maximum absolute atomic E-state index is 2.44. The Bertz CT molecular complexity index is 1330. The third kappa shape index (κ3) is 2.12. The molecular weight excluding hydrogens is 360 g/mol. The normalized spacial score (nSPS) is 16.5. The van der Waals surface area contributed by atoms with Gasteiger partial charge in [-0.2, -0.15) is 0 Å².